The van der Waals surface area contributed by atoms with E-state index in [1.807, 2.05) is 70.6 Å². The molecule has 0 aromatic heterocycles. The molecule has 0 saturated carbocycles. The number of hydrogen-bond acceptors (Lipinski definition) is 12. The van der Waals surface area contributed by atoms with E-state index in [4.69, 9.17) is 30.0 Å². The second kappa shape index (κ2) is 41.1. The van der Waals surface area contributed by atoms with Gasteiger partial charge in [0.1, 0.15) is 0 Å². The van der Waals surface area contributed by atoms with Crippen LogP contribution in [0.4, 0.5) is 0 Å². The number of amidine groups is 6. The van der Waals surface area contributed by atoms with Gasteiger partial charge in [-0.15, -0.1) is 70.6 Å². The normalized spacial score (nSPS) is 13.9. The van der Waals surface area contributed by atoms with Gasteiger partial charge in [-0.1, -0.05) is 234 Å². The maximum atomic E-state index is 5.58. The smallest absolute Gasteiger partial charge is 0.164 e. The third-order valence-corrected chi connectivity index (χ3v) is 23.7. The largest absolute Gasteiger partial charge is 0.208 e. The van der Waals surface area contributed by atoms with Gasteiger partial charge in [-0.3, -0.25) is 0 Å². The molecular formula is C72H108N6S6. The summed E-state index contributed by atoms with van der Waals surface area (Å²) in [5.74, 6) is 10.9. The maximum Gasteiger partial charge on any atom is 0.164 e. The summed E-state index contributed by atoms with van der Waals surface area (Å²) in [5, 5.41) is 0. The molecular weight excluding hydrogens is 1140 g/mol. The summed E-state index contributed by atoms with van der Waals surface area (Å²) < 4.78 is 0. The second-order valence-corrected chi connectivity index (χ2v) is 30.7. The van der Waals surface area contributed by atoms with E-state index in [-0.39, 0.29) is 0 Å². The van der Waals surface area contributed by atoms with Gasteiger partial charge in [0, 0.05) is 62.8 Å². The summed E-state index contributed by atoms with van der Waals surface area (Å²) in [5.41, 5.74) is 6.34. The van der Waals surface area contributed by atoms with Crippen molar-refractivity contribution >= 4 is 106 Å². The van der Waals surface area contributed by atoms with Gasteiger partial charge in [-0.25, -0.2) is 30.0 Å². The van der Waals surface area contributed by atoms with Crippen LogP contribution >= 0.6 is 70.6 Å². The molecule has 0 N–H and O–H groups in total. The first kappa shape index (κ1) is 69.3. The minimum Gasteiger partial charge on any atom is -0.208 e. The Morgan fingerprint density at radius 3 is 0.464 bits per heavy atom. The minimum absolute atomic E-state index is 0.701. The molecule has 462 valence electrons. The molecule has 3 aromatic carbocycles. The second-order valence-electron chi connectivity index (χ2n) is 23.8. The van der Waals surface area contributed by atoms with Crippen molar-refractivity contribution in [2.75, 3.05) is 34.5 Å². The van der Waals surface area contributed by atoms with Crippen molar-refractivity contribution in [3.63, 3.8) is 0 Å². The molecule has 3 aromatic rings. The Bertz CT molecular complexity index is 2350. The third-order valence-electron chi connectivity index (χ3n) is 16.5. The van der Waals surface area contributed by atoms with E-state index in [0.29, 0.717) is 35.0 Å². The average molecular weight is 1250 g/mol. The Morgan fingerprint density at radius 1 is 0.190 bits per heavy atom. The van der Waals surface area contributed by atoms with Crippen LogP contribution in [0.5, 0.6) is 0 Å². The number of rotatable bonds is 48. The molecule has 0 atom stereocenters. The molecule has 0 saturated heterocycles. The number of nitrogens with zero attached hydrogens (tertiary/aromatic N) is 6. The SMILES string of the molecule is CCCCCCCCSc1cc2c(cc1SCCCCCCCC)C1=NC3=NC(=NC4=NC(=NC2=N1)c1cc(SCCCCCCCC)c(SCCCCCCCC)cc14)c1cc(SCCCCCCCC)c(SCCCCCCCC)cc13. The molecule has 6 nitrogen and oxygen atoms in total. The number of aliphatic imine (C=N–C) groups is 6. The molecule has 7 rings (SSSR count). The Kier molecular flexibility index (Phi) is 33.9. The monoisotopic (exact) mass is 1250 g/mol. The van der Waals surface area contributed by atoms with Crippen LogP contribution in [0, 0.1) is 0 Å². The van der Waals surface area contributed by atoms with Crippen LogP contribution in [0.25, 0.3) is 0 Å². The minimum atomic E-state index is 0.701. The highest BCUT2D eigenvalue weighted by Crippen LogP contribution is 2.42. The predicted octanol–water partition coefficient (Wildman–Crippen LogP) is 24.3. The number of benzene rings is 3. The lowest BCUT2D eigenvalue weighted by atomic mass is 10.1. The van der Waals surface area contributed by atoms with E-state index in [0.717, 1.165) is 67.9 Å². The fraction of sp³-hybridized carbons (Fsp3) is 0.667. The van der Waals surface area contributed by atoms with Gasteiger partial charge in [0.15, 0.2) is 35.0 Å². The van der Waals surface area contributed by atoms with Crippen molar-refractivity contribution in [3.8, 4) is 0 Å². The lowest BCUT2D eigenvalue weighted by molar-refractivity contribution is 0.626. The fourth-order valence-corrected chi connectivity index (χ4v) is 18.2. The van der Waals surface area contributed by atoms with E-state index in [1.165, 1.54) is 261 Å². The molecule has 6 bridgehead atoms. The summed E-state index contributed by atoms with van der Waals surface area (Å²) in [4.78, 5) is 41.3. The first-order valence-corrected chi connectivity index (χ1v) is 40.3. The van der Waals surface area contributed by atoms with Crippen molar-refractivity contribution in [2.24, 2.45) is 30.0 Å². The highest BCUT2D eigenvalue weighted by molar-refractivity contribution is 8.03. The van der Waals surface area contributed by atoms with E-state index in [1.54, 1.807) is 0 Å². The third kappa shape index (κ3) is 22.7. The molecule has 0 aliphatic carbocycles. The molecule has 0 unspecified atom stereocenters. The summed E-state index contributed by atoms with van der Waals surface area (Å²) in [6.45, 7) is 13.9. The van der Waals surface area contributed by atoms with Crippen LogP contribution in [0.3, 0.4) is 0 Å². The Balaban J connectivity index is 1.32. The molecule has 4 heterocycles. The number of hydrogen-bond donors (Lipinski definition) is 0. The lowest BCUT2D eigenvalue weighted by Gasteiger charge is -2.13. The fourth-order valence-electron chi connectivity index (χ4n) is 11.3. The molecule has 0 spiro atoms. The summed E-state index contributed by atoms with van der Waals surface area (Å²) in [7, 11) is 0. The van der Waals surface area contributed by atoms with Gasteiger partial charge in [-0.2, -0.15) is 0 Å². The van der Waals surface area contributed by atoms with Crippen LogP contribution in [-0.4, -0.2) is 69.5 Å². The molecule has 0 radical (unpaired) electrons. The number of unbranched alkanes of at least 4 members (excludes halogenated alkanes) is 30. The van der Waals surface area contributed by atoms with Crippen LogP contribution in [-0.2, 0) is 0 Å². The van der Waals surface area contributed by atoms with Gasteiger partial charge in [-0.05, 0) is 109 Å². The molecule has 84 heavy (non-hydrogen) atoms. The van der Waals surface area contributed by atoms with Crippen molar-refractivity contribution in [2.45, 2.75) is 302 Å². The first-order chi connectivity index (χ1) is 41.5. The van der Waals surface area contributed by atoms with E-state index < -0.39 is 0 Å². The predicted molar refractivity (Wildman–Crippen MR) is 383 cm³/mol. The van der Waals surface area contributed by atoms with Gasteiger partial charge in [0.25, 0.3) is 0 Å². The van der Waals surface area contributed by atoms with Crippen LogP contribution in [0.15, 0.2) is 95.7 Å². The zero-order valence-corrected chi connectivity index (χ0v) is 58.2. The van der Waals surface area contributed by atoms with Crippen molar-refractivity contribution in [1.29, 1.82) is 0 Å². The van der Waals surface area contributed by atoms with E-state index in [2.05, 4.69) is 77.9 Å². The molecule has 4 aliphatic rings. The van der Waals surface area contributed by atoms with Gasteiger partial charge in [0.2, 0.25) is 0 Å². The molecule has 0 fully saturated rings. The molecule has 4 aliphatic heterocycles. The van der Waals surface area contributed by atoms with Crippen LogP contribution in [0.1, 0.15) is 306 Å². The first-order valence-electron chi connectivity index (χ1n) is 34.3. The topological polar surface area (TPSA) is 74.2 Å². The molecule has 0 amide bonds. The van der Waals surface area contributed by atoms with Gasteiger partial charge < -0.3 is 0 Å². The average Bonchev–Trinajstić information content (AvgIpc) is 2.12. The highest BCUT2D eigenvalue weighted by Gasteiger charge is 2.33. The quantitative estimate of drug-likeness (QED) is 0.0414. The van der Waals surface area contributed by atoms with Crippen LogP contribution in [0.2, 0.25) is 0 Å². The Morgan fingerprint density at radius 2 is 0.321 bits per heavy atom. The zero-order chi connectivity index (χ0) is 58.8. The zero-order valence-electron chi connectivity index (χ0n) is 53.3. The standard InChI is InChI=1S/C72H108N6S6/c1-7-13-19-25-31-37-43-79-61-49-55-56(50-62(61)80-44-38-32-26-20-14-8-2)68-73-67(55)76-69-57-51-63(81-45-39-33-27-21-15-9-3)64(82-46-40-34-28-22-16-10-4)52-58(57)71(74-69)78-72-60-54-66(84-48-42-36-30-24-18-12-6)65(53-59(60)70(75-72)77-68)83-47-41-35-29-23-17-11-5/h49-54H,7-48H2,1-6H3. The highest BCUT2D eigenvalue weighted by atomic mass is 32.2. The van der Waals surface area contributed by atoms with Crippen molar-refractivity contribution in [1.82, 2.24) is 0 Å². The van der Waals surface area contributed by atoms with Crippen molar-refractivity contribution < 1.29 is 0 Å². The van der Waals surface area contributed by atoms with Crippen LogP contribution < -0.4 is 0 Å². The maximum absolute atomic E-state index is 5.58. The van der Waals surface area contributed by atoms with E-state index in [9.17, 15) is 0 Å². The van der Waals surface area contributed by atoms with Crippen molar-refractivity contribution in [3.05, 3.63) is 69.8 Å². The Hall–Kier alpha value is -2.22. The number of fused-ring (bicyclic) bond motifs is 12. The number of thioether (sulfide) groups is 6. The summed E-state index contributed by atoms with van der Waals surface area (Å²) >= 11 is 12.2. The summed E-state index contributed by atoms with van der Waals surface area (Å²) in [6.07, 6.45) is 46.9. The lowest BCUT2D eigenvalue weighted by Crippen LogP contribution is -2.04. The Labute approximate surface area is 537 Å². The van der Waals surface area contributed by atoms with E-state index >= 15 is 0 Å². The van der Waals surface area contributed by atoms with Gasteiger partial charge >= 0.3 is 0 Å². The van der Waals surface area contributed by atoms with Gasteiger partial charge in [0.05, 0.1) is 0 Å². The molecule has 12 heteroatoms. The summed E-state index contributed by atoms with van der Waals surface area (Å²) in [6, 6.07) is 14.5.